The Morgan fingerprint density at radius 1 is 1.44 bits per heavy atom. The van der Waals surface area contributed by atoms with Crippen LogP contribution in [0.5, 0.6) is 0 Å². The van der Waals surface area contributed by atoms with Crippen LogP contribution in [0.1, 0.15) is 5.56 Å². The van der Waals surface area contributed by atoms with Crippen molar-refractivity contribution in [3.63, 3.8) is 0 Å². The van der Waals surface area contributed by atoms with Crippen LogP contribution in [0, 0.1) is 6.92 Å². The van der Waals surface area contributed by atoms with Crippen LogP contribution in [0.15, 0.2) is 24.5 Å². The van der Waals surface area contributed by atoms with E-state index < -0.39 is 10.0 Å². The molecule has 1 heterocycles. The van der Waals surface area contributed by atoms with Gasteiger partial charge in [-0.15, -0.1) is 5.10 Å². The van der Waals surface area contributed by atoms with Crippen molar-refractivity contribution in [1.29, 1.82) is 0 Å². The molecule has 0 aliphatic rings. The molecule has 0 fully saturated rings. The monoisotopic (exact) mass is 331 g/mol. The lowest BCUT2D eigenvalue weighted by molar-refractivity contribution is 0.606. The van der Waals surface area contributed by atoms with Gasteiger partial charge in [0.2, 0.25) is 10.0 Å². The molecule has 96 valence electrons. The Balaban J connectivity index is 2.39. The van der Waals surface area contributed by atoms with Crippen molar-refractivity contribution < 1.29 is 8.42 Å². The molecule has 9 heteroatoms. The number of hydrogen-bond acceptors (Lipinski definition) is 5. The first-order chi connectivity index (χ1) is 8.52. The Kier molecular flexibility index (Phi) is 3.62. The van der Waals surface area contributed by atoms with E-state index in [0.717, 1.165) is 11.3 Å². The molecule has 0 amide bonds. The van der Waals surface area contributed by atoms with Crippen LogP contribution in [0.3, 0.4) is 0 Å². The lowest BCUT2D eigenvalue weighted by Crippen LogP contribution is -2.13. The number of tetrazole rings is 1. The van der Waals surface area contributed by atoms with E-state index in [1.807, 2.05) is 6.92 Å². The molecule has 0 radical (unpaired) electrons. The number of sulfonamides is 1. The molecule has 0 bridgehead atoms. The van der Waals surface area contributed by atoms with Crippen molar-refractivity contribution in [2.75, 3.05) is 9.38 Å². The first-order valence-electron chi connectivity index (χ1n) is 4.92. The molecular formula is C9H10BrN5O2S. The number of nitrogens with zero attached hydrogens (tertiary/aromatic N) is 4. The molecule has 0 saturated carbocycles. The number of nitrogens with one attached hydrogen (secondary N) is 1. The summed E-state index contributed by atoms with van der Waals surface area (Å²) >= 11 is 2.91. The van der Waals surface area contributed by atoms with Gasteiger partial charge in [-0.05, 0) is 35.0 Å². The van der Waals surface area contributed by atoms with E-state index in [0.29, 0.717) is 5.69 Å². The minimum Gasteiger partial charge on any atom is -0.283 e. The zero-order valence-electron chi connectivity index (χ0n) is 9.41. The summed E-state index contributed by atoms with van der Waals surface area (Å²) in [5, 5.41) is 10.9. The maximum absolute atomic E-state index is 11.4. The summed E-state index contributed by atoms with van der Waals surface area (Å²) in [5.41, 5.74) is 2.12. The highest BCUT2D eigenvalue weighted by Gasteiger charge is 2.10. The van der Waals surface area contributed by atoms with Gasteiger partial charge in [-0.2, -0.15) is 0 Å². The zero-order chi connectivity index (χ0) is 13.2. The first-order valence-corrected chi connectivity index (χ1v) is 7.70. The van der Waals surface area contributed by atoms with Crippen molar-refractivity contribution in [2.24, 2.45) is 0 Å². The van der Waals surface area contributed by atoms with Crippen molar-refractivity contribution in [2.45, 2.75) is 6.92 Å². The third-order valence-corrected chi connectivity index (χ3v) is 4.86. The van der Waals surface area contributed by atoms with Crippen molar-refractivity contribution in [1.82, 2.24) is 20.2 Å². The van der Waals surface area contributed by atoms with Crippen molar-refractivity contribution in [3.8, 4) is 5.69 Å². The van der Waals surface area contributed by atoms with Gasteiger partial charge in [-0.3, -0.25) is 4.72 Å². The highest BCUT2D eigenvalue weighted by Crippen LogP contribution is 2.19. The second-order valence-corrected chi connectivity index (χ2v) is 6.61. The van der Waals surface area contributed by atoms with Gasteiger partial charge >= 0.3 is 0 Å². The summed E-state index contributed by atoms with van der Waals surface area (Å²) in [7, 11) is -3.37. The average Bonchev–Trinajstić information content (AvgIpc) is 2.85. The Bertz CT molecular complexity index is 641. The molecule has 1 aromatic heterocycles. The Morgan fingerprint density at radius 2 is 2.22 bits per heavy atom. The van der Waals surface area contributed by atoms with Crippen molar-refractivity contribution in [3.05, 3.63) is 30.1 Å². The summed E-state index contributed by atoms with van der Waals surface area (Å²) in [5.74, 6) is 0. The number of anilines is 1. The van der Waals surface area contributed by atoms with Crippen LogP contribution < -0.4 is 4.72 Å². The predicted octanol–water partition coefficient (Wildman–Crippen LogP) is 1.06. The number of alkyl halides is 1. The molecule has 2 aromatic rings. The summed E-state index contributed by atoms with van der Waals surface area (Å²) in [6.45, 7) is 1.89. The summed E-state index contributed by atoms with van der Waals surface area (Å²) in [4.78, 5) is 0. The van der Waals surface area contributed by atoms with Crippen LogP contribution in [-0.2, 0) is 10.0 Å². The number of aromatic nitrogens is 4. The first kappa shape index (κ1) is 13.0. The molecule has 7 nitrogen and oxygen atoms in total. The lowest BCUT2D eigenvalue weighted by Gasteiger charge is -2.09. The Morgan fingerprint density at radius 3 is 2.83 bits per heavy atom. The van der Waals surface area contributed by atoms with Crippen LogP contribution in [0.4, 0.5) is 5.69 Å². The topological polar surface area (TPSA) is 89.8 Å². The highest BCUT2D eigenvalue weighted by atomic mass is 79.9. The van der Waals surface area contributed by atoms with Gasteiger partial charge in [-0.25, -0.2) is 13.1 Å². The number of benzene rings is 1. The van der Waals surface area contributed by atoms with Gasteiger partial charge in [0.1, 0.15) is 11.0 Å². The Labute approximate surface area is 112 Å². The lowest BCUT2D eigenvalue weighted by atomic mass is 10.2. The molecule has 0 unspecified atom stereocenters. The molecule has 1 N–H and O–H groups in total. The number of halogens is 1. The zero-order valence-corrected chi connectivity index (χ0v) is 11.8. The minimum absolute atomic E-state index is 0.159. The number of hydrogen-bond donors (Lipinski definition) is 1. The highest BCUT2D eigenvalue weighted by molar-refractivity contribution is 9.10. The van der Waals surface area contributed by atoms with E-state index in [2.05, 4.69) is 36.2 Å². The smallest absolute Gasteiger partial charge is 0.242 e. The van der Waals surface area contributed by atoms with Crippen LogP contribution >= 0.6 is 15.9 Å². The van der Waals surface area contributed by atoms with Gasteiger partial charge in [0.05, 0.1) is 11.4 Å². The largest absolute Gasteiger partial charge is 0.283 e. The summed E-state index contributed by atoms with van der Waals surface area (Å²) in [6, 6.07) is 5.15. The number of rotatable bonds is 4. The molecule has 2 rings (SSSR count). The third-order valence-electron chi connectivity index (χ3n) is 2.22. The van der Waals surface area contributed by atoms with Gasteiger partial charge in [0.25, 0.3) is 0 Å². The van der Waals surface area contributed by atoms with E-state index in [-0.39, 0.29) is 4.66 Å². The fourth-order valence-electron chi connectivity index (χ4n) is 1.40. The van der Waals surface area contributed by atoms with E-state index in [1.165, 1.54) is 11.0 Å². The van der Waals surface area contributed by atoms with Gasteiger partial charge < -0.3 is 0 Å². The second-order valence-electron chi connectivity index (χ2n) is 3.58. The summed E-state index contributed by atoms with van der Waals surface area (Å²) in [6.07, 6.45) is 1.45. The molecule has 18 heavy (non-hydrogen) atoms. The second kappa shape index (κ2) is 5.02. The maximum Gasteiger partial charge on any atom is 0.242 e. The van der Waals surface area contributed by atoms with Gasteiger partial charge in [-0.1, -0.05) is 22.0 Å². The maximum atomic E-state index is 11.4. The standard InChI is InChI=1S/C9H10BrN5O2S/c1-7-2-3-8(12-18(16,17)5-10)4-9(7)15-6-11-13-14-15/h2-4,6,12H,5H2,1H3. The van der Waals surface area contributed by atoms with Crippen LogP contribution in [0.25, 0.3) is 5.69 Å². The van der Waals surface area contributed by atoms with Gasteiger partial charge in [0, 0.05) is 0 Å². The quantitative estimate of drug-likeness (QED) is 0.846. The molecular weight excluding hydrogens is 322 g/mol. The Hall–Kier alpha value is -1.48. The van der Waals surface area contributed by atoms with Gasteiger partial charge in [0.15, 0.2) is 0 Å². The fraction of sp³-hybridized carbons (Fsp3) is 0.222. The fourth-order valence-corrected chi connectivity index (χ4v) is 2.28. The number of aryl methyl sites for hydroxylation is 1. The van der Waals surface area contributed by atoms with E-state index in [1.54, 1.807) is 18.2 Å². The summed E-state index contributed by atoms with van der Waals surface area (Å²) < 4.78 is 26.6. The molecule has 0 saturated heterocycles. The molecule has 0 aliphatic heterocycles. The van der Waals surface area contributed by atoms with Crippen molar-refractivity contribution >= 4 is 31.6 Å². The molecule has 0 aliphatic carbocycles. The van der Waals surface area contributed by atoms with Crippen LogP contribution in [0.2, 0.25) is 0 Å². The predicted molar refractivity (Wildman–Crippen MR) is 70.2 cm³/mol. The van der Waals surface area contributed by atoms with E-state index in [9.17, 15) is 8.42 Å². The van der Waals surface area contributed by atoms with E-state index in [4.69, 9.17) is 0 Å². The molecule has 0 atom stereocenters. The SMILES string of the molecule is Cc1ccc(NS(=O)(=O)CBr)cc1-n1cnnn1. The third kappa shape index (κ3) is 2.85. The van der Waals surface area contributed by atoms with E-state index >= 15 is 0 Å². The minimum atomic E-state index is -3.37. The van der Waals surface area contributed by atoms with Crippen LogP contribution in [-0.4, -0.2) is 33.3 Å². The average molecular weight is 332 g/mol. The molecule has 0 spiro atoms. The molecule has 1 aromatic carbocycles. The normalized spacial score (nSPS) is 11.4.